The first-order valence-electron chi connectivity index (χ1n) is 8.17. The number of hydrogen-bond acceptors (Lipinski definition) is 3. The number of carbonyl (C=O) groups is 2. The van der Waals surface area contributed by atoms with Crippen molar-refractivity contribution in [2.45, 2.75) is 0 Å². The SMILES string of the molecule is O=C1C(Nc2ccc(Cl)c(Cl)c2)=C([n+]2ccccc2)C(=O)c2ccccc21.[I-]. The lowest BCUT2D eigenvalue weighted by atomic mass is 9.90. The molecule has 4 nitrogen and oxygen atoms in total. The molecule has 0 spiro atoms. The minimum atomic E-state index is -0.261. The van der Waals surface area contributed by atoms with Crippen LogP contribution in [0.3, 0.4) is 0 Å². The van der Waals surface area contributed by atoms with Crippen LogP contribution >= 0.6 is 23.2 Å². The van der Waals surface area contributed by atoms with Gasteiger partial charge in [0.25, 0.3) is 11.5 Å². The number of benzene rings is 2. The van der Waals surface area contributed by atoms with Crippen LogP contribution in [0, 0.1) is 0 Å². The maximum atomic E-state index is 13.2. The predicted octanol–water partition coefficient (Wildman–Crippen LogP) is 1.64. The first-order chi connectivity index (χ1) is 13.1. The van der Waals surface area contributed by atoms with E-state index in [1.807, 2.05) is 6.07 Å². The molecule has 4 rings (SSSR count). The number of nitrogens with zero attached hydrogens (tertiary/aromatic N) is 1. The molecule has 140 valence electrons. The molecule has 7 heteroatoms. The lowest BCUT2D eigenvalue weighted by Gasteiger charge is -2.18. The number of rotatable bonds is 3. The van der Waals surface area contributed by atoms with E-state index in [1.165, 1.54) is 0 Å². The van der Waals surface area contributed by atoms with Gasteiger partial charge in [0, 0.05) is 28.9 Å². The lowest BCUT2D eigenvalue weighted by Crippen LogP contribution is -3.00. The number of aromatic nitrogens is 1. The Kier molecular flexibility index (Phi) is 6.17. The Labute approximate surface area is 188 Å². The summed E-state index contributed by atoms with van der Waals surface area (Å²) in [5, 5.41) is 3.82. The van der Waals surface area contributed by atoms with Crippen molar-refractivity contribution in [1.29, 1.82) is 0 Å². The molecule has 1 aromatic heterocycles. The highest BCUT2D eigenvalue weighted by Crippen LogP contribution is 2.30. The Bertz CT molecular complexity index is 1110. The number of allylic oxidation sites excluding steroid dienone is 2. The van der Waals surface area contributed by atoms with Crippen LogP contribution in [-0.2, 0) is 0 Å². The zero-order valence-electron chi connectivity index (χ0n) is 14.3. The van der Waals surface area contributed by atoms with Gasteiger partial charge < -0.3 is 29.3 Å². The monoisotopic (exact) mass is 522 g/mol. The van der Waals surface area contributed by atoms with Gasteiger partial charge in [-0.25, -0.2) is 0 Å². The van der Waals surface area contributed by atoms with E-state index in [-0.39, 0.29) is 46.9 Å². The summed E-state index contributed by atoms with van der Waals surface area (Å²) in [5.74, 6) is -0.494. The predicted molar refractivity (Wildman–Crippen MR) is 105 cm³/mol. The van der Waals surface area contributed by atoms with Gasteiger partial charge in [-0.1, -0.05) is 53.5 Å². The van der Waals surface area contributed by atoms with Crippen molar-refractivity contribution in [1.82, 2.24) is 0 Å². The van der Waals surface area contributed by atoms with Gasteiger partial charge in [-0.3, -0.25) is 9.59 Å². The summed E-state index contributed by atoms with van der Waals surface area (Å²) in [7, 11) is 0. The Morgan fingerprint density at radius 3 is 2.04 bits per heavy atom. The highest BCUT2D eigenvalue weighted by Gasteiger charge is 2.38. The van der Waals surface area contributed by atoms with E-state index >= 15 is 0 Å². The largest absolute Gasteiger partial charge is 1.00 e. The van der Waals surface area contributed by atoms with Crippen molar-refractivity contribution < 1.29 is 38.1 Å². The molecule has 0 fully saturated rings. The summed E-state index contributed by atoms with van der Waals surface area (Å²) >= 11 is 12.1. The molecule has 0 atom stereocenters. The topological polar surface area (TPSA) is 50.1 Å². The van der Waals surface area contributed by atoms with Crippen molar-refractivity contribution in [2.24, 2.45) is 0 Å². The molecule has 1 aliphatic carbocycles. The zero-order valence-corrected chi connectivity index (χ0v) is 18.0. The molecule has 2 aromatic carbocycles. The Morgan fingerprint density at radius 2 is 1.39 bits per heavy atom. The molecule has 0 saturated carbocycles. The highest BCUT2D eigenvalue weighted by atomic mass is 127. The van der Waals surface area contributed by atoms with Gasteiger partial charge in [0.05, 0.1) is 10.0 Å². The number of halogens is 3. The molecule has 1 heterocycles. The molecule has 1 N–H and O–H groups in total. The number of anilines is 1. The second-order valence-corrected chi connectivity index (χ2v) is 6.78. The number of carbonyl (C=O) groups excluding carboxylic acids is 2. The molecule has 1 aliphatic rings. The summed E-state index contributed by atoms with van der Waals surface area (Å²) < 4.78 is 1.63. The van der Waals surface area contributed by atoms with Gasteiger partial charge in [0.15, 0.2) is 18.1 Å². The number of nitrogens with one attached hydrogen (secondary N) is 1. The standard InChI is InChI=1S/C21H12Cl2N2O2.HI/c22-16-9-8-13(12-17(16)23)24-18-19(25-10-4-1-5-11-25)21(27)15-7-3-2-6-14(15)20(18)26;/h1-12H;1H. The van der Waals surface area contributed by atoms with Gasteiger partial charge >= 0.3 is 0 Å². The minimum Gasteiger partial charge on any atom is -1.00 e. The maximum Gasteiger partial charge on any atom is 0.286 e. The van der Waals surface area contributed by atoms with Gasteiger partial charge in [0.1, 0.15) is 0 Å². The fraction of sp³-hybridized carbons (Fsp3) is 0. The summed E-state index contributed by atoms with van der Waals surface area (Å²) in [6, 6.07) is 17.2. The minimum absolute atomic E-state index is 0. The number of pyridine rings is 1. The molecule has 0 saturated heterocycles. The average molecular weight is 523 g/mol. The first kappa shape index (κ1) is 20.5. The summed E-state index contributed by atoms with van der Waals surface area (Å²) in [6.07, 6.45) is 3.45. The van der Waals surface area contributed by atoms with E-state index in [1.54, 1.807) is 71.6 Å². The third-order valence-corrected chi connectivity index (χ3v) is 5.00. The second-order valence-electron chi connectivity index (χ2n) is 5.96. The van der Waals surface area contributed by atoms with Gasteiger partial charge in [-0.05, 0) is 18.2 Å². The second kappa shape index (κ2) is 8.43. The van der Waals surface area contributed by atoms with Crippen LogP contribution < -0.4 is 33.9 Å². The van der Waals surface area contributed by atoms with Crippen molar-refractivity contribution in [3.63, 3.8) is 0 Å². The van der Waals surface area contributed by atoms with E-state index in [2.05, 4.69) is 5.32 Å². The molecular weight excluding hydrogens is 510 g/mol. The molecule has 28 heavy (non-hydrogen) atoms. The Hall–Kier alpha value is -2.22. The van der Waals surface area contributed by atoms with Crippen molar-refractivity contribution in [3.05, 3.63) is 99.9 Å². The number of Topliss-reactive ketones (excluding diaryl/α,β-unsaturated/α-hetero) is 2. The number of hydrogen-bond donors (Lipinski definition) is 1. The van der Waals surface area contributed by atoms with Crippen molar-refractivity contribution in [2.75, 3.05) is 5.32 Å². The quantitative estimate of drug-likeness (QED) is 0.420. The van der Waals surface area contributed by atoms with Crippen molar-refractivity contribution >= 4 is 46.2 Å². The summed E-state index contributed by atoms with van der Waals surface area (Å²) in [5.41, 5.74) is 1.76. The van der Waals surface area contributed by atoms with Crippen LogP contribution in [0.15, 0.2) is 78.8 Å². The van der Waals surface area contributed by atoms with Crippen LogP contribution in [0.1, 0.15) is 20.7 Å². The molecule has 0 amide bonds. The van der Waals surface area contributed by atoms with E-state index in [4.69, 9.17) is 23.2 Å². The summed E-state index contributed by atoms with van der Waals surface area (Å²) in [6.45, 7) is 0. The highest BCUT2D eigenvalue weighted by molar-refractivity contribution is 6.42. The Balaban J connectivity index is 0.00000225. The first-order valence-corrected chi connectivity index (χ1v) is 8.93. The molecule has 0 unspecified atom stereocenters. The van der Waals surface area contributed by atoms with E-state index in [9.17, 15) is 9.59 Å². The lowest BCUT2D eigenvalue weighted by molar-refractivity contribution is -0.577. The molecule has 3 aromatic rings. The molecular formula is C21H13Cl2IN2O2. The fourth-order valence-corrected chi connectivity index (χ4v) is 3.29. The van der Waals surface area contributed by atoms with Crippen LogP contribution in [0.2, 0.25) is 10.0 Å². The molecule has 0 aliphatic heterocycles. The zero-order chi connectivity index (χ0) is 19.0. The summed E-state index contributed by atoms with van der Waals surface area (Å²) in [4.78, 5) is 26.3. The fourth-order valence-electron chi connectivity index (χ4n) is 2.99. The Morgan fingerprint density at radius 1 is 0.750 bits per heavy atom. The van der Waals surface area contributed by atoms with Gasteiger partial charge in [-0.2, -0.15) is 4.57 Å². The molecule has 0 bridgehead atoms. The third kappa shape index (κ3) is 3.70. The smallest absolute Gasteiger partial charge is 0.286 e. The molecule has 0 radical (unpaired) electrons. The third-order valence-electron chi connectivity index (χ3n) is 4.26. The van der Waals surface area contributed by atoms with Gasteiger partial charge in [-0.15, -0.1) is 0 Å². The maximum absolute atomic E-state index is 13.2. The number of ketones is 2. The van der Waals surface area contributed by atoms with Crippen LogP contribution in [-0.4, -0.2) is 11.6 Å². The average Bonchev–Trinajstić information content (AvgIpc) is 2.69. The van der Waals surface area contributed by atoms with Gasteiger partial charge in [0.2, 0.25) is 5.78 Å². The van der Waals surface area contributed by atoms with E-state index in [0.717, 1.165) is 0 Å². The van der Waals surface area contributed by atoms with Crippen LogP contribution in [0.5, 0.6) is 0 Å². The number of fused-ring (bicyclic) bond motifs is 1. The van der Waals surface area contributed by atoms with Crippen LogP contribution in [0.25, 0.3) is 5.70 Å². The van der Waals surface area contributed by atoms with E-state index < -0.39 is 0 Å². The van der Waals surface area contributed by atoms with Crippen LogP contribution in [0.4, 0.5) is 5.69 Å². The van der Waals surface area contributed by atoms with E-state index in [0.29, 0.717) is 26.9 Å². The normalized spacial score (nSPS) is 13.1. The van der Waals surface area contributed by atoms with Crippen molar-refractivity contribution in [3.8, 4) is 0 Å².